The van der Waals surface area contributed by atoms with Gasteiger partial charge in [0.1, 0.15) is 5.75 Å². The predicted molar refractivity (Wildman–Crippen MR) is 129 cm³/mol. The van der Waals surface area contributed by atoms with Gasteiger partial charge in [-0.15, -0.1) is 0 Å². The van der Waals surface area contributed by atoms with Crippen molar-refractivity contribution in [2.24, 2.45) is 5.92 Å². The number of halogens is 1. The second kappa shape index (κ2) is 11.8. The van der Waals surface area contributed by atoms with Gasteiger partial charge < -0.3 is 30.3 Å². The van der Waals surface area contributed by atoms with Crippen LogP contribution < -0.4 is 15.8 Å². The molecule has 1 aromatic rings. The highest BCUT2D eigenvalue weighted by Crippen LogP contribution is 2.29. The third-order valence-corrected chi connectivity index (χ3v) is 6.47. The lowest BCUT2D eigenvalue weighted by molar-refractivity contribution is -0.0331. The first-order valence-corrected chi connectivity index (χ1v) is 12.0. The van der Waals surface area contributed by atoms with Crippen molar-refractivity contribution in [1.29, 1.82) is 0 Å². The Bertz CT molecular complexity index is 829. The van der Waals surface area contributed by atoms with Gasteiger partial charge in [-0.2, -0.15) is 0 Å². The minimum Gasteiger partial charge on any atom is -0.493 e. The number of anilines is 1. The molecule has 2 aliphatic rings. The molecular formula is C23H36ClN5O4. The molecule has 10 heteroatoms. The van der Waals surface area contributed by atoms with Crippen LogP contribution in [0.15, 0.2) is 12.1 Å². The first-order valence-electron chi connectivity index (χ1n) is 11.6. The predicted octanol–water partition coefficient (Wildman–Crippen LogP) is 2.15. The summed E-state index contributed by atoms with van der Waals surface area (Å²) in [5, 5.41) is 3.27. The highest BCUT2D eigenvalue weighted by molar-refractivity contribution is 6.33. The van der Waals surface area contributed by atoms with Crippen molar-refractivity contribution in [3.05, 3.63) is 22.7 Å². The minimum absolute atomic E-state index is 0.0853. The Kier molecular flexibility index (Phi) is 9.05. The van der Waals surface area contributed by atoms with E-state index in [4.69, 9.17) is 26.8 Å². The molecular weight excluding hydrogens is 446 g/mol. The molecule has 2 heterocycles. The number of nitrogens with zero attached hydrogens (tertiary/aromatic N) is 3. The van der Waals surface area contributed by atoms with Crippen LogP contribution in [0, 0.1) is 5.92 Å². The molecule has 2 aliphatic heterocycles. The van der Waals surface area contributed by atoms with Gasteiger partial charge in [-0.3, -0.25) is 9.69 Å². The Balaban J connectivity index is 1.47. The van der Waals surface area contributed by atoms with Gasteiger partial charge in [-0.1, -0.05) is 11.6 Å². The maximum Gasteiger partial charge on any atom is 0.319 e. The second-order valence-corrected chi connectivity index (χ2v) is 9.28. The summed E-state index contributed by atoms with van der Waals surface area (Å²) in [5.41, 5.74) is 6.59. The normalized spacial score (nSPS) is 19.9. The van der Waals surface area contributed by atoms with Crippen molar-refractivity contribution in [1.82, 2.24) is 20.0 Å². The van der Waals surface area contributed by atoms with Gasteiger partial charge in [0.05, 0.1) is 35.6 Å². The molecule has 1 aromatic carbocycles. The lowest BCUT2D eigenvalue weighted by atomic mass is 9.96. The van der Waals surface area contributed by atoms with Crippen LogP contribution in [0.5, 0.6) is 5.75 Å². The molecule has 3 rings (SSSR count). The van der Waals surface area contributed by atoms with E-state index in [0.717, 1.165) is 45.6 Å². The quantitative estimate of drug-likeness (QED) is 0.579. The van der Waals surface area contributed by atoms with Crippen LogP contribution in [0.3, 0.4) is 0 Å². The van der Waals surface area contributed by atoms with Crippen LogP contribution in [-0.4, -0.2) is 99.3 Å². The van der Waals surface area contributed by atoms with E-state index in [1.807, 2.05) is 11.8 Å². The van der Waals surface area contributed by atoms with Crippen molar-refractivity contribution in [2.45, 2.75) is 25.9 Å². The number of carbonyl (C=O) groups excluding carboxylic acids is 2. The van der Waals surface area contributed by atoms with Gasteiger partial charge in [0.15, 0.2) is 0 Å². The number of ether oxygens (including phenoxy) is 2. The number of piperidine rings is 1. The number of nitrogens with one attached hydrogen (secondary N) is 1. The van der Waals surface area contributed by atoms with E-state index in [2.05, 4.69) is 10.2 Å². The number of urea groups is 1. The van der Waals surface area contributed by atoms with E-state index in [1.165, 1.54) is 0 Å². The van der Waals surface area contributed by atoms with Crippen molar-refractivity contribution in [3.8, 4) is 5.75 Å². The number of benzene rings is 1. The fourth-order valence-corrected chi connectivity index (χ4v) is 4.51. The Labute approximate surface area is 201 Å². The first-order chi connectivity index (χ1) is 15.8. The van der Waals surface area contributed by atoms with E-state index in [9.17, 15) is 9.59 Å². The van der Waals surface area contributed by atoms with Gasteiger partial charge in [0.2, 0.25) is 0 Å². The van der Waals surface area contributed by atoms with E-state index in [1.54, 1.807) is 31.1 Å². The SMILES string of the molecule is CCOc1cc(N)c(Cl)cc1C(=O)NC[C@H]1CN(CC2CCN(C(=O)N(C)C)CC2)CCO1. The summed E-state index contributed by atoms with van der Waals surface area (Å²) in [6.07, 6.45) is 1.94. The van der Waals surface area contributed by atoms with Crippen LogP contribution >= 0.6 is 11.6 Å². The van der Waals surface area contributed by atoms with E-state index in [-0.39, 0.29) is 18.0 Å². The highest BCUT2D eigenvalue weighted by Gasteiger charge is 2.28. The number of nitrogen functional groups attached to an aromatic ring is 1. The Morgan fingerprint density at radius 1 is 1.27 bits per heavy atom. The van der Waals surface area contributed by atoms with Crippen molar-refractivity contribution in [2.75, 3.05) is 72.3 Å². The molecule has 9 nitrogen and oxygen atoms in total. The Morgan fingerprint density at radius 3 is 2.67 bits per heavy atom. The number of rotatable bonds is 7. The summed E-state index contributed by atoms with van der Waals surface area (Å²) in [7, 11) is 3.58. The van der Waals surface area contributed by atoms with Gasteiger partial charge in [0.25, 0.3) is 5.91 Å². The number of hydrogen-bond donors (Lipinski definition) is 2. The van der Waals surface area contributed by atoms with E-state index < -0.39 is 0 Å². The minimum atomic E-state index is -0.265. The standard InChI is InChI=1S/C23H36ClN5O4/c1-4-32-21-12-20(25)19(24)11-18(21)22(30)26-13-17-15-28(9-10-33-17)14-16-5-7-29(8-6-16)23(31)27(2)3/h11-12,16-17H,4-10,13-15,25H2,1-3H3,(H,26,30)/t17-/m0/s1. The zero-order chi connectivity index (χ0) is 24.0. The number of morpholine rings is 1. The summed E-state index contributed by atoms with van der Waals surface area (Å²) >= 11 is 6.12. The summed E-state index contributed by atoms with van der Waals surface area (Å²) in [6.45, 7) is 7.54. The zero-order valence-electron chi connectivity index (χ0n) is 19.8. The van der Waals surface area contributed by atoms with Crippen LogP contribution in [-0.2, 0) is 4.74 Å². The van der Waals surface area contributed by atoms with Gasteiger partial charge in [-0.05, 0) is 31.7 Å². The Morgan fingerprint density at radius 2 is 2.00 bits per heavy atom. The molecule has 1 atom stereocenters. The summed E-state index contributed by atoms with van der Waals surface area (Å²) < 4.78 is 11.4. The lowest BCUT2D eigenvalue weighted by Gasteiger charge is -2.38. The van der Waals surface area contributed by atoms with E-state index in [0.29, 0.717) is 47.7 Å². The molecule has 0 bridgehead atoms. The van der Waals surface area contributed by atoms with Gasteiger partial charge in [-0.25, -0.2) is 4.79 Å². The number of hydrogen-bond acceptors (Lipinski definition) is 6. The fraction of sp³-hybridized carbons (Fsp3) is 0.652. The topological polar surface area (TPSA) is 100 Å². The van der Waals surface area contributed by atoms with Crippen LogP contribution in [0.2, 0.25) is 5.02 Å². The molecule has 0 aromatic heterocycles. The second-order valence-electron chi connectivity index (χ2n) is 8.87. The zero-order valence-corrected chi connectivity index (χ0v) is 20.6. The number of nitrogens with two attached hydrogens (primary N) is 1. The van der Waals surface area contributed by atoms with Crippen molar-refractivity contribution >= 4 is 29.2 Å². The van der Waals surface area contributed by atoms with Crippen LogP contribution in [0.25, 0.3) is 0 Å². The molecule has 0 radical (unpaired) electrons. The summed E-state index contributed by atoms with van der Waals surface area (Å²) in [6, 6.07) is 3.21. The van der Waals surface area contributed by atoms with Gasteiger partial charge >= 0.3 is 6.03 Å². The van der Waals surface area contributed by atoms with Gasteiger partial charge in [0, 0.05) is 59.4 Å². The first kappa shape index (κ1) is 25.4. The average Bonchev–Trinajstić information content (AvgIpc) is 2.80. The third-order valence-electron chi connectivity index (χ3n) is 6.14. The highest BCUT2D eigenvalue weighted by atomic mass is 35.5. The summed E-state index contributed by atoms with van der Waals surface area (Å²) in [5.74, 6) is 0.719. The number of likely N-dealkylation sites (tertiary alicyclic amines) is 1. The molecule has 2 fully saturated rings. The third kappa shape index (κ3) is 6.88. The van der Waals surface area contributed by atoms with Crippen LogP contribution in [0.4, 0.5) is 10.5 Å². The molecule has 33 heavy (non-hydrogen) atoms. The molecule has 0 spiro atoms. The number of carbonyl (C=O) groups is 2. The number of amides is 3. The molecule has 184 valence electrons. The monoisotopic (exact) mass is 481 g/mol. The van der Waals surface area contributed by atoms with Crippen molar-refractivity contribution in [3.63, 3.8) is 0 Å². The molecule has 0 aliphatic carbocycles. The molecule has 3 amide bonds. The molecule has 0 saturated carbocycles. The van der Waals surface area contributed by atoms with Crippen LogP contribution in [0.1, 0.15) is 30.1 Å². The maximum atomic E-state index is 12.8. The molecule has 3 N–H and O–H groups in total. The molecule has 0 unspecified atom stereocenters. The average molecular weight is 482 g/mol. The van der Waals surface area contributed by atoms with Crippen molar-refractivity contribution < 1.29 is 19.1 Å². The largest absolute Gasteiger partial charge is 0.493 e. The lowest BCUT2D eigenvalue weighted by Crippen LogP contribution is -2.50. The summed E-state index contributed by atoms with van der Waals surface area (Å²) in [4.78, 5) is 30.9. The fourth-order valence-electron chi connectivity index (χ4n) is 4.35. The molecule has 2 saturated heterocycles. The Hall–Kier alpha value is -2.23. The smallest absolute Gasteiger partial charge is 0.319 e. The maximum absolute atomic E-state index is 12.8. The van der Waals surface area contributed by atoms with E-state index >= 15 is 0 Å².